The first-order chi connectivity index (χ1) is 10.8. The molecular weight excluding hydrogens is 278 g/mol. The summed E-state index contributed by atoms with van der Waals surface area (Å²) in [5.74, 6) is 0.845. The number of nitrogens with zero attached hydrogens (tertiary/aromatic N) is 3. The van der Waals surface area contributed by atoms with Crippen LogP contribution in [0.2, 0.25) is 0 Å². The van der Waals surface area contributed by atoms with Gasteiger partial charge in [-0.3, -0.25) is 9.58 Å². The zero-order chi connectivity index (χ0) is 14.9. The fourth-order valence-electron chi connectivity index (χ4n) is 3.84. The van der Waals surface area contributed by atoms with Crippen LogP contribution in [0.5, 0.6) is 0 Å². The topological polar surface area (TPSA) is 39.5 Å². The molecule has 0 aromatic carbocycles. The monoisotopic (exact) mass is 305 g/mol. The van der Waals surface area contributed by atoms with Crippen molar-refractivity contribution < 1.29 is 9.47 Å². The van der Waals surface area contributed by atoms with Gasteiger partial charge in [0.1, 0.15) is 0 Å². The molecule has 4 rings (SSSR count). The highest BCUT2D eigenvalue weighted by atomic mass is 16.5. The van der Waals surface area contributed by atoms with Crippen molar-refractivity contribution in [3.63, 3.8) is 0 Å². The summed E-state index contributed by atoms with van der Waals surface area (Å²) in [6.45, 7) is 3.88. The third-order valence-electron chi connectivity index (χ3n) is 5.25. The Labute approximate surface area is 132 Å². The second-order valence-electron chi connectivity index (χ2n) is 7.20. The number of ether oxygens (including phenoxy) is 2. The van der Waals surface area contributed by atoms with Crippen LogP contribution in [0.1, 0.15) is 37.7 Å². The maximum atomic E-state index is 6.30. The molecule has 0 bridgehead atoms. The lowest BCUT2D eigenvalue weighted by molar-refractivity contribution is -0.101. The van der Waals surface area contributed by atoms with Crippen molar-refractivity contribution >= 4 is 0 Å². The molecule has 0 radical (unpaired) electrons. The van der Waals surface area contributed by atoms with Gasteiger partial charge in [-0.1, -0.05) is 0 Å². The average molecular weight is 305 g/mol. The normalized spacial score (nSPS) is 32.3. The van der Waals surface area contributed by atoms with Gasteiger partial charge in [0.05, 0.1) is 25.0 Å². The highest BCUT2D eigenvalue weighted by Crippen LogP contribution is 2.33. The van der Waals surface area contributed by atoms with E-state index in [2.05, 4.69) is 16.2 Å². The van der Waals surface area contributed by atoms with Gasteiger partial charge in [-0.25, -0.2) is 0 Å². The van der Waals surface area contributed by atoms with Gasteiger partial charge < -0.3 is 9.47 Å². The van der Waals surface area contributed by atoms with E-state index in [1.165, 1.54) is 24.8 Å². The predicted octanol–water partition coefficient (Wildman–Crippen LogP) is 1.97. The molecule has 0 spiro atoms. The number of fused-ring (bicyclic) bond motifs is 1. The molecule has 3 aliphatic rings. The van der Waals surface area contributed by atoms with Gasteiger partial charge in [0.25, 0.3) is 0 Å². The Kier molecular flexibility index (Phi) is 4.20. The van der Waals surface area contributed by atoms with E-state index >= 15 is 0 Å². The van der Waals surface area contributed by atoms with Gasteiger partial charge in [-0.15, -0.1) is 0 Å². The molecule has 2 aliphatic heterocycles. The van der Waals surface area contributed by atoms with Crippen LogP contribution >= 0.6 is 0 Å². The quantitative estimate of drug-likeness (QED) is 0.805. The lowest BCUT2D eigenvalue weighted by Crippen LogP contribution is -2.43. The Bertz CT molecular complexity index is 500. The van der Waals surface area contributed by atoms with Crippen molar-refractivity contribution in [2.75, 3.05) is 19.8 Å². The third kappa shape index (κ3) is 3.36. The Hall–Kier alpha value is -0.910. The summed E-state index contributed by atoms with van der Waals surface area (Å²) in [5.41, 5.74) is 1.30. The summed E-state index contributed by atoms with van der Waals surface area (Å²) in [6, 6.07) is 0.583. The van der Waals surface area contributed by atoms with Gasteiger partial charge >= 0.3 is 0 Å². The molecule has 1 saturated carbocycles. The number of aromatic nitrogens is 2. The molecule has 3 atom stereocenters. The summed E-state index contributed by atoms with van der Waals surface area (Å²) >= 11 is 0. The lowest BCUT2D eigenvalue weighted by atomic mass is 9.99. The second-order valence-corrected chi connectivity index (χ2v) is 7.20. The van der Waals surface area contributed by atoms with Gasteiger partial charge in [0.15, 0.2) is 0 Å². The fourth-order valence-corrected chi connectivity index (χ4v) is 3.84. The minimum atomic E-state index is 0.318. The molecule has 0 amide bonds. The molecule has 1 aromatic rings. The first kappa shape index (κ1) is 14.7. The Morgan fingerprint density at radius 3 is 2.91 bits per heavy atom. The van der Waals surface area contributed by atoms with Crippen LogP contribution in [-0.2, 0) is 23.1 Å². The smallest absolute Gasteiger partial charge is 0.0813 e. The van der Waals surface area contributed by atoms with Crippen molar-refractivity contribution in [2.45, 2.75) is 56.9 Å². The molecular formula is C17H27N3O2. The van der Waals surface area contributed by atoms with Gasteiger partial charge in [0, 0.05) is 44.5 Å². The molecule has 122 valence electrons. The van der Waals surface area contributed by atoms with Crippen LogP contribution < -0.4 is 0 Å². The summed E-state index contributed by atoms with van der Waals surface area (Å²) < 4.78 is 14.0. The van der Waals surface area contributed by atoms with E-state index in [9.17, 15) is 0 Å². The van der Waals surface area contributed by atoms with E-state index in [-0.39, 0.29) is 0 Å². The fraction of sp³-hybridized carbons (Fsp3) is 0.824. The zero-order valence-corrected chi connectivity index (χ0v) is 13.5. The van der Waals surface area contributed by atoms with E-state index in [0.717, 1.165) is 45.1 Å². The van der Waals surface area contributed by atoms with E-state index < -0.39 is 0 Å². The summed E-state index contributed by atoms with van der Waals surface area (Å²) in [4.78, 5) is 2.57. The predicted molar refractivity (Wildman–Crippen MR) is 83.5 cm³/mol. The van der Waals surface area contributed by atoms with Crippen LogP contribution in [0.3, 0.4) is 0 Å². The largest absolute Gasteiger partial charge is 0.378 e. The van der Waals surface area contributed by atoms with Crippen molar-refractivity contribution in [1.82, 2.24) is 14.7 Å². The number of rotatable bonds is 6. The first-order valence-electron chi connectivity index (χ1n) is 8.72. The van der Waals surface area contributed by atoms with Gasteiger partial charge in [0.2, 0.25) is 0 Å². The Balaban J connectivity index is 1.26. The molecule has 1 aromatic heterocycles. The summed E-state index contributed by atoms with van der Waals surface area (Å²) in [6.07, 6.45) is 11.1. The maximum absolute atomic E-state index is 6.30. The molecule has 0 N–H and O–H groups in total. The maximum Gasteiger partial charge on any atom is 0.0813 e. The van der Waals surface area contributed by atoms with Crippen LogP contribution in [-0.4, -0.2) is 52.7 Å². The van der Waals surface area contributed by atoms with Crippen molar-refractivity contribution in [3.05, 3.63) is 18.0 Å². The molecule has 0 unspecified atom stereocenters. The van der Waals surface area contributed by atoms with Crippen LogP contribution in [0, 0.1) is 5.92 Å². The second kappa shape index (κ2) is 6.30. The molecule has 22 heavy (non-hydrogen) atoms. The van der Waals surface area contributed by atoms with Crippen LogP contribution in [0.4, 0.5) is 0 Å². The number of likely N-dealkylation sites (tertiary alicyclic amines) is 1. The minimum Gasteiger partial charge on any atom is -0.378 e. The van der Waals surface area contributed by atoms with Gasteiger partial charge in [-0.05, 0) is 38.0 Å². The summed E-state index contributed by atoms with van der Waals surface area (Å²) in [7, 11) is 1.98. The average Bonchev–Trinajstić information content (AvgIpc) is 3.12. The van der Waals surface area contributed by atoms with Crippen LogP contribution in [0.25, 0.3) is 0 Å². The Morgan fingerprint density at radius 2 is 2.14 bits per heavy atom. The summed E-state index contributed by atoms with van der Waals surface area (Å²) in [5, 5.41) is 4.27. The standard InChI is InChI=1S/C17H27N3O2/c1-19-9-14(8-18-19)10-20-7-6-17-16(20)5-4-15(22-17)12-21-11-13-2-3-13/h8-9,13,15-17H,2-7,10-12H2,1H3/t15-,16-,17-/m1/s1. The lowest BCUT2D eigenvalue weighted by Gasteiger charge is -2.35. The van der Waals surface area contributed by atoms with E-state index in [1.54, 1.807) is 0 Å². The highest BCUT2D eigenvalue weighted by Gasteiger charge is 2.39. The molecule has 1 aliphatic carbocycles. The van der Waals surface area contributed by atoms with Crippen molar-refractivity contribution in [1.29, 1.82) is 0 Å². The number of hydrogen-bond acceptors (Lipinski definition) is 4. The zero-order valence-electron chi connectivity index (χ0n) is 13.5. The van der Waals surface area contributed by atoms with Crippen molar-refractivity contribution in [3.8, 4) is 0 Å². The Morgan fingerprint density at radius 1 is 1.23 bits per heavy atom. The SMILES string of the molecule is Cn1cc(CN2CC[C@H]3O[C@@H](COCC4CC4)CC[C@H]32)cn1. The number of hydrogen-bond donors (Lipinski definition) is 0. The van der Waals surface area contributed by atoms with E-state index in [0.29, 0.717) is 18.2 Å². The molecule has 5 heteroatoms. The van der Waals surface area contributed by atoms with Gasteiger partial charge in [-0.2, -0.15) is 5.10 Å². The molecule has 5 nitrogen and oxygen atoms in total. The van der Waals surface area contributed by atoms with E-state index in [4.69, 9.17) is 9.47 Å². The number of aryl methyl sites for hydroxylation is 1. The van der Waals surface area contributed by atoms with Crippen LogP contribution in [0.15, 0.2) is 12.4 Å². The van der Waals surface area contributed by atoms with E-state index in [1.807, 2.05) is 17.9 Å². The first-order valence-corrected chi connectivity index (χ1v) is 8.72. The third-order valence-corrected chi connectivity index (χ3v) is 5.25. The van der Waals surface area contributed by atoms with Crippen molar-refractivity contribution in [2.24, 2.45) is 13.0 Å². The molecule has 3 fully saturated rings. The minimum absolute atomic E-state index is 0.318. The molecule has 2 saturated heterocycles. The molecule has 3 heterocycles. The highest BCUT2D eigenvalue weighted by molar-refractivity contribution is 5.05.